The van der Waals surface area contributed by atoms with Crippen LogP contribution >= 0.6 is 0 Å². The Morgan fingerprint density at radius 3 is 2.26 bits per heavy atom. The van der Waals surface area contributed by atoms with E-state index in [-0.39, 0.29) is 29.5 Å². The molecule has 1 fully saturated rings. The summed E-state index contributed by atoms with van der Waals surface area (Å²) >= 11 is 0. The van der Waals surface area contributed by atoms with E-state index in [9.17, 15) is 17.6 Å². The molecule has 0 radical (unpaired) electrons. The van der Waals surface area contributed by atoms with Gasteiger partial charge in [-0.05, 0) is 48.5 Å². The van der Waals surface area contributed by atoms with Gasteiger partial charge < -0.3 is 9.33 Å². The zero-order valence-corrected chi connectivity index (χ0v) is 23.1. The molecular weight excluding hydrogens is 487 g/mol. The fourth-order valence-electron chi connectivity index (χ4n) is 3.45. The van der Waals surface area contributed by atoms with Gasteiger partial charge >= 0.3 is 0 Å². The maximum atomic E-state index is 13.5. The lowest BCUT2D eigenvalue weighted by molar-refractivity contribution is 0.328. The van der Waals surface area contributed by atoms with Gasteiger partial charge in [-0.3, -0.25) is 9.36 Å². The number of halogens is 1. The fraction of sp³-hybridized carbons (Fsp3) is 0.500. The number of hydrogen-bond acceptors (Lipinski definition) is 6. The summed E-state index contributed by atoms with van der Waals surface area (Å²) in [6.07, 6.45) is 6.49. The number of benzene rings is 1. The van der Waals surface area contributed by atoms with E-state index in [1.807, 2.05) is 12.2 Å². The molecular formula is C24H35FN4O4SSi. The van der Waals surface area contributed by atoms with E-state index < -0.39 is 24.2 Å². The molecule has 0 unspecified atom stereocenters. The lowest BCUT2D eigenvalue weighted by Crippen LogP contribution is -2.50. The summed E-state index contributed by atoms with van der Waals surface area (Å²) in [7, 11) is -5.20. The molecule has 11 heteroatoms. The highest BCUT2D eigenvalue weighted by molar-refractivity contribution is 7.88. The van der Waals surface area contributed by atoms with Gasteiger partial charge in [-0.1, -0.05) is 26.8 Å². The molecule has 2 heterocycles. The van der Waals surface area contributed by atoms with Gasteiger partial charge in [-0.25, -0.2) is 17.8 Å². The minimum Gasteiger partial charge on any atom is -0.413 e. The second kappa shape index (κ2) is 10.3. The predicted octanol–water partition coefficient (Wildman–Crippen LogP) is 3.49. The van der Waals surface area contributed by atoms with Crippen LogP contribution in [-0.4, -0.2) is 69.6 Å². The number of hydrogen-bond donors (Lipinski definition) is 0. The van der Waals surface area contributed by atoms with Crippen LogP contribution in [0.1, 0.15) is 26.5 Å². The summed E-state index contributed by atoms with van der Waals surface area (Å²) in [6.45, 7) is 12.6. The third kappa shape index (κ3) is 6.66. The molecule has 0 N–H and O–H groups in total. The Morgan fingerprint density at radius 2 is 1.71 bits per heavy atom. The topological polar surface area (TPSA) is 84.7 Å². The number of nitrogens with zero attached hydrogens (tertiary/aromatic N) is 4. The van der Waals surface area contributed by atoms with Gasteiger partial charge in [0.05, 0.1) is 18.6 Å². The summed E-state index contributed by atoms with van der Waals surface area (Å²) in [4.78, 5) is 19.7. The van der Waals surface area contributed by atoms with Crippen molar-refractivity contribution in [2.24, 2.45) is 0 Å². The Morgan fingerprint density at radius 1 is 1.11 bits per heavy atom. The molecule has 3 rings (SSSR count). The van der Waals surface area contributed by atoms with Crippen LogP contribution in [0, 0.1) is 5.82 Å². The molecule has 0 saturated carbocycles. The van der Waals surface area contributed by atoms with Crippen LogP contribution in [0.4, 0.5) is 10.2 Å². The molecule has 1 aromatic carbocycles. The van der Waals surface area contributed by atoms with Crippen molar-refractivity contribution in [3.05, 3.63) is 58.4 Å². The maximum absolute atomic E-state index is 13.5. The molecule has 1 saturated heterocycles. The molecule has 0 spiro atoms. The Bertz CT molecular complexity index is 1230. The van der Waals surface area contributed by atoms with Crippen LogP contribution in [0.15, 0.2) is 41.3 Å². The molecule has 2 aromatic rings. The number of sulfonamides is 1. The average molecular weight is 523 g/mol. The lowest BCUT2D eigenvalue weighted by atomic mass is 10.2. The van der Waals surface area contributed by atoms with Crippen molar-refractivity contribution in [2.45, 2.75) is 38.9 Å². The highest BCUT2D eigenvalue weighted by Crippen LogP contribution is 2.36. The third-order valence-corrected chi connectivity index (χ3v) is 12.5. The average Bonchev–Trinajstić information content (AvgIpc) is 2.77. The van der Waals surface area contributed by atoms with Gasteiger partial charge in [0.1, 0.15) is 5.82 Å². The van der Waals surface area contributed by atoms with Crippen LogP contribution in [0.5, 0.6) is 0 Å². The van der Waals surface area contributed by atoms with Gasteiger partial charge in [0.15, 0.2) is 14.1 Å². The first-order chi connectivity index (χ1) is 16.2. The van der Waals surface area contributed by atoms with Crippen molar-refractivity contribution >= 4 is 30.2 Å². The molecule has 0 aliphatic carbocycles. The Kier molecular flexibility index (Phi) is 8.05. The third-order valence-electron chi connectivity index (χ3n) is 6.65. The normalized spacial score (nSPS) is 16.3. The highest BCUT2D eigenvalue weighted by Gasteiger charge is 2.36. The van der Waals surface area contributed by atoms with Crippen molar-refractivity contribution in [1.29, 1.82) is 0 Å². The molecule has 0 bridgehead atoms. The fourth-order valence-corrected chi connectivity index (χ4v) is 5.22. The van der Waals surface area contributed by atoms with E-state index in [0.29, 0.717) is 31.1 Å². The summed E-state index contributed by atoms with van der Waals surface area (Å²) in [5.41, 5.74) is 0.717. The Balaban J connectivity index is 1.92. The monoisotopic (exact) mass is 522 g/mol. The van der Waals surface area contributed by atoms with Crippen molar-refractivity contribution in [1.82, 2.24) is 13.9 Å². The van der Waals surface area contributed by atoms with E-state index in [2.05, 4.69) is 38.8 Å². The second-order valence-electron chi connectivity index (χ2n) is 10.3. The van der Waals surface area contributed by atoms with Crippen molar-refractivity contribution < 1.29 is 17.2 Å². The summed E-state index contributed by atoms with van der Waals surface area (Å²) in [6, 6.07) is 5.68. The zero-order chi connectivity index (χ0) is 26.0. The van der Waals surface area contributed by atoms with E-state index in [0.717, 1.165) is 0 Å². The first-order valence-electron chi connectivity index (χ1n) is 11.6. The zero-order valence-electron chi connectivity index (χ0n) is 21.3. The van der Waals surface area contributed by atoms with Crippen LogP contribution in [0.25, 0.3) is 11.8 Å². The number of rotatable bonds is 7. The molecule has 1 aliphatic heterocycles. The first-order valence-corrected chi connectivity index (χ1v) is 16.3. The van der Waals surface area contributed by atoms with Gasteiger partial charge in [0.2, 0.25) is 10.0 Å². The highest BCUT2D eigenvalue weighted by atomic mass is 32.2. The van der Waals surface area contributed by atoms with Crippen molar-refractivity contribution in [3.63, 3.8) is 0 Å². The van der Waals surface area contributed by atoms with Gasteiger partial charge in [-0.2, -0.15) is 4.31 Å². The minimum absolute atomic E-state index is 0.0934. The van der Waals surface area contributed by atoms with Crippen LogP contribution in [0.3, 0.4) is 0 Å². The molecule has 192 valence electrons. The second-order valence-corrected chi connectivity index (χ2v) is 17.1. The maximum Gasteiger partial charge on any atom is 0.298 e. The smallest absolute Gasteiger partial charge is 0.298 e. The SMILES string of the molecule is CC(C)(C)[Si](C)(C)OCC=Cc1cn(-c2ccc(F)cc2)c(=O)c(N2CCN(S(C)(=O)=O)CC2)n1. The van der Waals surface area contributed by atoms with E-state index in [1.54, 1.807) is 11.1 Å². The van der Waals surface area contributed by atoms with E-state index in [1.165, 1.54) is 39.4 Å². The van der Waals surface area contributed by atoms with Crippen LogP contribution in [0.2, 0.25) is 18.1 Å². The predicted molar refractivity (Wildman–Crippen MR) is 141 cm³/mol. The van der Waals surface area contributed by atoms with E-state index in [4.69, 9.17) is 4.43 Å². The molecule has 0 atom stereocenters. The van der Waals surface area contributed by atoms with Gasteiger partial charge in [0.25, 0.3) is 5.56 Å². The number of anilines is 1. The number of aromatic nitrogens is 2. The molecule has 1 aromatic heterocycles. The van der Waals surface area contributed by atoms with Crippen LogP contribution < -0.4 is 10.5 Å². The Labute approximate surface area is 208 Å². The van der Waals surface area contributed by atoms with Gasteiger partial charge in [-0.15, -0.1) is 0 Å². The quantitative estimate of drug-likeness (QED) is 0.518. The molecule has 8 nitrogen and oxygen atoms in total. The van der Waals surface area contributed by atoms with Crippen LogP contribution in [-0.2, 0) is 14.4 Å². The lowest BCUT2D eigenvalue weighted by Gasteiger charge is -2.35. The minimum atomic E-state index is -3.30. The van der Waals surface area contributed by atoms with E-state index >= 15 is 0 Å². The standard InChI is InChI=1S/C24H35FN4O4SSi/c1-24(2,3)35(5,6)33-17-7-8-20-18-29(21-11-9-19(25)10-12-21)23(30)22(26-20)27-13-15-28(16-14-27)34(4,31)32/h7-12,18H,13-17H2,1-6H3. The molecule has 35 heavy (non-hydrogen) atoms. The summed E-state index contributed by atoms with van der Waals surface area (Å²) in [5, 5.41) is 0.0934. The largest absolute Gasteiger partial charge is 0.413 e. The van der Waals surface area contributed by atoms with Gasteiger partial charge in [0, 0.05) is 38.1 Å². The first kappa shape index (κ1) is 27.2. The van der Waals surface area contributed by atoms with Crippen molar-refractivity contribution in [3.8, 4) is 5.69 Å². The number of piperazine rings is 1. The summed E-state index contributed by atoms with van der Waals surface area (Å²) in [5.74, 6) is -0.161. The Hall–Kier alpha value is -2.34. The van der Waals surface area contributed by atoms with Crippen molar-refractivity contribution in [2.75, 3.05) is 43.9 Å². The molecule has 0 amide bonds. The summed E-state index contributed by atoms with van der Waals surface area (Å²) < 4.78 is 46.3. The molecule has 1 aliphatic rings.